The molecule has 42 heavy (non-hydrogen) atoms. The van der Waals surface area contributed by atoms with Gasteiger partial charge < -0.3 is 21.7 Å². The van der Waals surface area contributed by atoms with Crippen molar-refractivity contribution in [1.29, 1.82) is 0 Å². The highest BCUT2D eigenvalue weighted by molar-refractivity contribution is 5.97. The number of nitrogen functional groups attached to an aromatic ring is 1. The number of benzene rings is 2. The lowest BCUT2D eigenvalue weighted by atomic mass is 9.97. The van der Waals surface area contributed by atoms with Gasteiger partial charge >= 0.3 is 0 Å². The SMILES string of the molecule is Cc1c(-c2nn[nH]n2)ccc2c1CC[C@@H]2NC(=O)c1cc(C(=O)NCc2cccc(Nc3c(N)c(=O)c3=O)c2)ncn1. The number of carbonyl (C=O) groups is 2. The number of aromatic nitrogens is 6. The molecule has 0 spiro atoms. The first-order valence-electron chi connectivity index (χ1n) is 13.0. The average molecular weight is 565 g/mol. The molecule has 0 radical (unpaired) electrons. The monoisotopic (exact) mass is 564 g/mol. The Labute approximate surface area is 237 Å². The summed E-state index contributed by atoms with van der Waals surface area (Å²) in [6.07, 6.45) is 2.68. The number of aromatic amines is 1. The third-order valence-electron chi connectivity index (χ3n) is 7.31. The number of anilines is 3. The van der Waals surface area contributed by atoms with Gasteiger partial charge in [0.1, 0.15) is 29.1 Å². The second-order valence-electron chi connectivity index (χ2n) is 9.85. The van der Waals surface area contributed by atoms with Gasteiger partial charge in [-0.1, -0.05) is 24.3 Å². The highest BCUT2D eigenvalue weighted by Gasteiger charge is 2.28. The van der Waals surface area contributed by atoms with E-state index in [9.17, 15) is 19.2 Å². The fourth-order valence-electron chi connectivity index (χ4n) is 5.10. The maximum Gasteiger partial charge on any atom is 0.270 e. The van der Waals surface area contributed by atoms with E-state index in [1.807, 2.05) is 19.1 Å². The molecule has 14 nitrogen and oxygen atoms in total. The molecule has 14 heteroatoms. The Balaban J connectivity index is 1.09. The molecular weight excluding hydrogens is 540 g/mol. The van der Waals surface area contributed by atoms with Crippen LogP contribution in [0.15, 0.2) is 58.4 Å². The molecule has 6 rings (SSSR count). The smallest absolute Gasteiger partial charge is 0.270 e. The van der Waals surface area contributed by atoms with Crippen LogP contribution < -0.4 is 32.5 Å². The van der Waals surface area contributed by atoms with Crippen molar-refractivity contribution in [3.8, 4) is 11.4 Å². The van der Waals surface area contributed by atoms with Crippen LogP contribution in [-0.2, 0) is 13.0 Å². The van der Waals surface area contributed by atoms with E-state index in [-0.39, 0.29) is 35.3 Å². The van der Waals surface area contributed by atoms with Crippen molar-refractivity contribution in [3.05, 3.63) is 103 Å². The van der Waals surface area contributed by atoms with Gasteiger partial charge in [-0.3, -0.25) is 19.2 Å². The number of amides is 2. The Kier molecular flexibility index (Phi) is 6.70. The summed E-state index contributed by atoms with van der Waals surface area (Å²) in [6, 6.07) is 11.9. The summed E-state index contributed by atoms with van der Waals surface area (Å²) < 4.78 is 0. The van der Waals surface area contributed by atoms with E-state index < -0.39 is 22.7 Å². The Bertz CT molecular complexity index is 1910. The zero-order valence-corrected chi connectivity index (χ0v) is 22.3. The minimum absolute atomic E-state index is 0.0355. The average Bonchev–Trinajstić information content (AvgIpc) is 3.70. The van der Waals surface area contributed by atoms with Gasteiger partial charge in [-0.05, 0) is 59.4 Å². The summed E-state index contributed by atoms with van der Waals surface area (Å²) in [5.41, 5.74) is 9.58. The van der Waals surface area contributed by atoms with Crippen molar-refractivity contribution >= 4 is 28.9 Å². The van der Waals surface area contributed by atoms with Gasteiger partial charge in [0.2, 0.25) is 5.82 Å². The molecule has 1 aliphatic carbocycles. The van der Waals surface area contributed by atoms with E-state index in [1.54, 1.807) is 24.3 Å². The molecule has 0 aliphatic heterocycles. The standard InChI is InChI=1S/C28H24N10O4/c1-13-16-7-8-19(18(16)6-5-17(13)26-35-37-38-36-26)34-28(42)21-10-20(31-12-32-21)27(41)30-11-14-3-2-4-15(9-14)33-23-22(29)24(39)25(23)40/h2-6,9-10,12,19,33H,7-8,11,29H2,1H3,(H,30,41)(H,34,42)(H,35,36,37,38)/t19-/m0/s1. The third kappa shape index (κ3) is 4.85. The molecule has 2 heterocycles. The lowest BCUT2D eigenvalue weighted by Gasteiger charge is -2.15. The molecule has 6 N–H and O–H groups in total. The zero-order valence-electron chi connectivity index (χ0n) is 22.3. The number of hydrogen-bond donors (Lipinski definition) is 5. The van der Waals surface area contributed by atoms with Gasteiger partial charge in [-0.25, -0.2) is 9.97 Å². The van der Waals surface area contributed by atoms with Crippen molar-refractivity contribution in [2.45, 2.75) is 32.4 Å². The molecule has 0 unspecified atom stereocenters. The van der Waals surface area contributed by atoms with Crippen molar-refractivity contribution < 1.29 is 9.59 Å². The summed E-state index contributed by atoms with van der Waals surface area (Å²) in [4.78, 5) is 57.0. The van der Waals surface area contributed by atoms with Gasteiger partial charge in [-0.2, -0.15) is 5.21 Å². The number of rotatable bonds is 8. The van der Waals surface area contributed by atoms with E-state index >= 15 is 0 Å². The molecule has 0 fully saturated rings. The summed E-state index contributed by atoms with van der Waals surface area (Å²) in [5, 5.41) is 22.8. The first-order valence-corrected chi connectivity index (χ1v) is 13.0. The summed E-state index contributed by atoms with van der Waals surface area (Å²) in [6.45, 7) is 2.15. The van der Waals surface area contributed by atoms with Crippen molar-refractivity contribution in [2.75, 3.05) is 11.1 Å². The molecule has 1 atom stereocenters. The molecule has 5 aromatic rings. The maximum atomic E-state index is 13.1. The number of nitrogens with zero attached hydrogens (tertiary/aromatic N) is 5. The third-order valence-corrected chi connectivity index (χ3v) is 7.31. The Morgan fingerprint density at radius 1 is 1.05 bits per heavy atom. The van der Waals surface area contributed by atoms with E-state index in [4.69, 9.17) is 5.73 Å². The maximum absolute atomic E-state index is 13.1. The Hall–Kier alpha value is -5.79. The van der Waals surface area contributed by atoms with E-state index in [0.29, 0.717) is 11.5 Å². The van der Waals surface area contributed by atoms with Gasteiger partial charge in [0.05, 0.1) is 6.04 Å². The normalized spacial score (nSPS) is 14.0. The van der Waals surface area contributed by atoms with E-state index in [2.05, 4.69) is 46.5 Å². The zero-order chi connectivity index (χ0) is 29.4. The van der Waals surface area contributed by atoms with Gasteiger partial charge in [0.15, 0.2) is 0 Å². The van der Waals surface area contributed by atoms with Crippen LogP contribution in [0.2, 0.25) is 0 Å². The number of fused-ring (bicyclic) bond motifs is 1. The van der Waals surface area contributed by atoms with Crippen LogP contribution in [0.1, 0.15) is 55.7 Å². The van der Waals surface area contributed by atoms with Crippen molar-refractivity contribution in [2.24, 2.45) is 0 Å². The number of nitrogens with one attached hydrogen (secondary N) is 4. The topological polar surface area (TPSA) is 211 Å². The highest BCUT2D eigenvalue weighted by Crippen LogP contribution is 2.37. The summed E-state index contributed by atoms with van der Waals surface area (Å²) in [5.74, 6) is -0.391. The minimum atomic E-state index is -0.711. The minimum Gasteiger partial charge on any atom is -0.394 e. The summed E-state index contributed by atoms with van der Waals surface area (Å²) >= 11 is 0. The second-order valence-corrected chi connectivity index (χ2v) is 9.85. The number of H-pyrrole nitrogens is 1. The molecular formula is C28H24N10O4. The molecule has 0 bridgehead atoms. The molecule has 2 aromatic heterocycles. The van der Waals surface area contributed by atoms with Gasteiger partial charge in [0, 0.05) is 23.9 Å². The van der Waals surface area contributed by atoms with Gasteiger partial charge in [-0.15, -0.1) is 10.2 Å². The first-order chi connectivity index (χ1) is 20.3. The predicted octanol–water partition coefficient (Wildman–Crippen LogP) is 1.23. The highest BCUT2D eigenvalue weighted by atomic mass is 16.2. The number of carbonyl (C=O) groups excluding carboxylic acids is 2. The largest absolute Gasteiger partial charge is 0.394 e. The van der Waals surface area contributed by atoms with Crippen LogP contribution in [0.3, 0.4) is 0 Å². The second kappa shape index (κ2) is 10.6. The van der Waals surface area contributed by atoms with Crippen molar-refractivity contribution in [1.82, 2.24) is 41.2 Å². The van der Waals surface area contributed by atoms with Crippen LogP contribution in [0.4, 0.5) is 17.1 Å². The molecule has 3 aromatic carbocycles. The molecule has 210 valence electrons. The number of hydrogen-bond acceptors (Lipinski definition) is 11. The molecule has 0 saturated heterocycles. The van der Waals surface area contributed by atoms with Gasteiger partial charge in [0.25, 0.3) is 22.7 Å². The Morgan fingerprint density at radius 2 is 1.86 bits per heavy atom. The molecule has 1 aliphatic rings. The number of nitrogens with two attached hydrogens (primary N) is 1. The van der Waals surface area contributed by atoms with E-state index in [1.165, 1.54) is 12.4 Å². The van der Waals surface area contributed by atoms with E-state index in [0.717, 1.165) is 40.7 Å². The van der Waals surface area contributed by atoms with Crippen LogP contribution in [0.5, 0.6) is 0 Å². The molecule has 0 saturated carbocycles. The van der Waals surface area contributed by atoms with Crippen LogP contribution in [-0.4, -0.2) is 42.4 Å². The lowest BCUT2D eigenvalue weighted by Crippen LogP contribution is -2.36. The first kappa shape index (κ1) is 26.4. The lowest BCUT2D eigenvalue weighted by molar-refractivity contribution is 0.0931. The molecule has 2 amide bonds. The number of tetrazole rings is 1. The predicted molar refractivity (Wildman–Crippen MR) is 152 cm³/mol. The fourth-order valence-corrected chi connectivity index (χ4v) is 5.10. The fraction of sp³-hybridized carbons (Fsp3) is 0.179. The summed E-state index contributed by atoms with van der Waals surface area (Å²) in [7, 11) is 0. The van der Waals surface area contributed by atoms with Crippen molar-refractivity contribution in [3.63, 3.8) is 0 Å². The van der Waals surface area contributed by atoms with Crippen LogP contribution in [0.25, 0.3) is 11.4 Å². The Morgan fingerprint density at radius 3 is 2.62 bits per heavy atom. The van der Waals surface area contributed by atoms with Crippen LogP contribution >= 0.6 is 0 Å². The quantitative estimate of drug-likeness (QED) is 0.169. The van der Waals surface area contributed by atoms with Crippen LogP contribution in [0, 0.1) is 6.92 Å².